The van der Waals surface area contributed by atoms with Crippen LogP contribution in [0, 0.1) is 6.92 Å². The minimum atomic E-state index is -3.72. The summed E-state index contributed by atoms with van der Waals surface area (Å²) in [6.45, 7) is 9.55. The topological polar surface area (TPSA) is 73.8 Å². The monoisotopic (exact) mass is 520 g/mol. The number of benzene rings is 1. The Balaban J connectivity index is 1.70. The third-order valence-electron chi connectivity index (χ3n) is 6.44. The zero-order valence-corrected chi connectivity index (χ0v) is 22.4. The van der Waals surface area contributed by atoms with E-state index in [4.69, 9.17) is 4.98 Å². The highest BCUT2D eigenvalue weighted by atomic mass is 32.2. The number of sulfonamides is 1. The van der Waals surface area contributed by atoms with Crippen molar-refractivity contribution in [2.75, 3.05) is 37.6 Å². The van der Waals surface area contributed by atoms with E-state index in [-0.39, 0.29) is 10.1 Å². The van der Waals surface area contributed by atoms with E-state index in [9.17, 15) is 13.2 Å². The normalized spacial score (nSPS) is 17.5. The molecule has 0 saturated carbocycles. The van der Waals surface area contributed by atoms with Gasteiger partial charge < -0.3 is 4.90 Å². The number of aromatic nitrogens is 1. The molecule has 2 aromatic heterocycles. The maximum atomic E-state index is 14.0. The van der Waals surface area contributed by atoms with Gasteiger partial charge in [-0.2, -0.15) is 4.31 Å². The molecule has 34 heavy (non-hydrogen) atoms. The summed E-state index contributed by atoms with van der Waals surface area (Å²) in [4.78, 5) is 22.9. The van der Waals surface area contributed by atoms with Crippen molar-refractivity contribution in [3.63, 3.8) is 0 Å². The lowest BCUT2D eigenvalue weighted by molar-refractivity contribution is -0.123. The summed E-state index contributed by atoms with van der Waals surface area (Å²) in [5.74, 6) is -0.177. The molecule has 1 unspecified atom stereocenters. The summed E-state index contributed by atoms with van der Waals surface area (Å²) < 4.78 is 29.6. The summed E-state index contributed by atoms with van der Waals surface area (Å²) in [7, 11) is -3.72. The van der Waals surface area contributed by atoms with Crippen molar-refractivity contribution in [2.24, 2.45) is 0 Å². The van der Waals surface area contributed by atoms with Crippen LogP contribution in [-0.4, -0.2) is 67.3 Å². The summed E-state index contributed by atoms with van der Waals surface area (Å²) >= 11 is 2.69. The number of hydrogen-bond acceptors (Lipinski definition) is 7. The number of aryl methyl sites for hydroxylation is 1. The zero-order valence-electron chi connectivity index (χ0n) is 19.9. The molecule has 1 fully saturated rings. The number of carbonyl (C=O) groups excluding carboxylic acids is 1. The van der Waals surface area contributed by atoms with E-state index in [1.54, 1.807) is 22.4 Å². The Morgan fingerprint density at radius 3 is 2.62 bits per heavy atom. The molecule has 10 heteroatoms. The number of thiophene rings is 1. The molecule has 7 nitrogen and oxygen atoms in total. The lowest BCUT2D eigenvalue weighted by Crippen LogP contribution is -2.54. The van der Waals surface area contributed by atoms with E-state index >= 15 is 0 Å². The highest BCUT2D eigenvalue weighted by Crippen LogP contribution is 2.34. The van der Waals surface area contributed by atoms with Gasteiger partial charge in [0.1, 0.15) is 10.3 Å². The SMILES string of the molecule is CCN(CC)CCN(C(=O)C1CCCCN1S(=O)(=O)c1cccs1)c1nc2c(C)cccc2s1. The molecule has 1 atom stereocenters. The van der Waals surface area contributed by atoms with Gasteiger partial charge in [0.15, 0.2) is 5.13 Å². The Morgan fingerprint density at radius 1 is 1.15 bits per heavy atom. The lowest BCUT2D eigenvalue weighted by atomic mass is 10.0. The van der Waals surface area contributed by atoms with Gasteiger partial charge in [-0.1, -0.05) is 49.8 Å². The molecule has 1 aromatic carbocycles. The van der Waals surface area contributed by atoms with Gasteiger partial charge in [0, 0.05) is 19.6 Å². The number of rotatable bonds is 9. The van der Waals surface area contributed by atoms with Crippen molar-refractivity contribution in [3.05, 3.63) is 41.3 Å². The molecule has 1 amide bonds. The number of fused-ring (bicyclic) bond motifs is 1. The van der Waals surface area contributed by atoms with Crippen molar-refractivity contribution in [1.29, 1.82) is 0 Å². The van der Waals surface area contributed by atoms with Crippen LogP contribution < -0.4 is 4.90 Å². The minimum absolute atomic E-state index is 0.177. The summed E-state index contributed by atoms with van der Waals surface area (Å²) in [5.41, 5.74) is 1.96. The molecule has 3 aromatic rings. The van der Waals surface area contributed by atoms with E-state index in [1.807, 2.05) is 25.1 Å². The van der Waals surface area contributed by atoms with Gasteiger partial charge in [0.05, 0.1) is 10.2 Å². The highest BCUT2D eigenvalue weighted by molar-refractivity contribution is 7.91. The van der Waals surface area contributed by atoms with Crippen molar-refractivity contribution >= 4 is 54.0 Å². The van der Waals surface area contributed by atoms with Crippen LogP contribution in [-0.2, 0) is 14.8 Å². The Hall–Kier alpha value is -1.85. The predicted octanol–water partition coefficient (Wildman–Crippen LogP) is 4.58. The molecule has 3 heterocycles. The maximum Gasteiger partial charge on any atom is 0.253 e. The Kier molecular flexibility index (Phi) is 8.04. The molecular formula is C24H32N4O3S3. The minimum Gasteiger partial charge on any atom is -0.302 e. The molecule has 1 aliphatic heterocycles. The smallest absolute Gasteiger partial charge is 0.253 e. The first-order valence-electron chi connectivity index (χ1n) is 11.8. The first kappa shape index (κ1) is 25.2. The third-order valence-corrected chi connectivity index (χ3v) is 10.8. The fraction of sp³-hybridized carbons (Fsp3) is 0.500. The molecule has 4 rings (SSSR count). The number of likely N-dealkylation sites (N-methyl/N-ethyl adjacent to an activating group) is 1. The van der Waals surface area contributed by atoms with Gasteiger partial charge in [0.2, 0.25) is 5.91 Å². The quantitative estimate of drug-likeness (QED) is 0.413. The summed E-state index contributed by atoms with van der Waals surface area (Å²) in [5, 5.41) is 2.40. The van der Waals surface area contributed by atoms with E-state index in [0.717, 1.165) is 41.7 Å². The highest BCUT2D eigenvalue weighted by Gasteiger charge is 2.40. The number of anilines is 1. The van der Waals surface area contributed by atoms with Crippen molar-refractivity contribution in [3.8, 4) is 0 Å². The number of nitrogens with zero attached hydrogens (tertiary/aromatic N) is 4. The summed E-state index contributed by atoms with van der Waals surface area (Å²) in [6.07, 6.45) is 2.11. The van der Waals surface area contributed by atoms with Gasteiger partial charge in [-0.25, -0.2) is 13.4 Å². The average Bonchev–Trinajstić information content (AvgIpc) is 3.53. The van der Waals surface area contributed by atoms with Gasteiger partial charge >= 0.3 is 0 Å². The van der Waals surface area contributed by atoms with Crippen molar-refractivity contribution in [1.82, 2.24) is 14.2 Å². The maximum absolute atomic E-state index is 14.0. The zero-order chi connectivity index (χ0) is 24.3. The van der Waals surface area contributed by atoms with E-state index in [1.165, 1.54) is 27.0 Å². The molecule has 1 aliphatic rings. The van der Waals surface area contributed by atoms with Gasteiger partial charge in [-0.3, -0.25) is 9.69 Å². The largest absolute Gasteiger partial charge is 0.302 e. The van der Waals surface area contributed by atoms with E-state index < -0.39 is 16.1 Å². The number of carbonyl (C=O) groups is 1. The second-order valence-corrected chi connectivity index (χ2v) is 12.6. The van der Waals surface area contributed by atoms with Crippen LogP contribution in [0.5, 0.6) is 0 Å². The van der Waals surface area contributed by atoms with Gasteiger partial charge in [-0.15, -0.1) is 11.3 Å². The Labute approximate surface area is 210 Å². The molecule has 184 valence electrons. The average molecular weight is 521 g/mol. The Bertz CT molecular complexity index is 1220. The Morgan fingerprint density at radius 2 is 1.94 bits per heavy atom. The van der Waals surface area contributed by atoms with Crippen LogP contribution in [0.15, 0.2) is 39.9 Å². The van der Waals surface area contributed by atoms with Crippen LogP contribution in [0.25, 0.3) is 10.2 Å². The fourth-order valence-corrected chi connectivity index (χ4v) is 8.26. The van der Waals surface area contributed by atoms with Crippen LogP contribution >= 0.6 is 22.7 Å². The molecule has 0 radical (unpaired) electrons. The molecule has 1 saturated heterocycles. The van der Waals surface area contributed by atoms with Crippen molar-refractivity contribution < 1.29 is 13.2 Å². The molecule has 0 N–H and O–H groups in total. The molecule has 0 spiro atoms. The van der Waals surface area contributed by atoms with Crippen LogP contribution in [0.2, 0.25) is 0 Å². The first-order valence-corrected chi connectivity index (χ1v) is 15.0. The predicted molar refractivity (Wildman–Crippen MR) is 140 cm³/mol. The number of hydrogen-bond donors (Lipinski definition) is 0. The second kappa shape index (κ2) is 10.8. The number of amides is 1. The second-order valence-electron chi connectivity index (χ2n) is 8.49. The molecule has 0 aliphatic carbocycles. The summed E-state index contributed by atoms with van der Waals surface area (Å²) in [6, 6.07) is 8.67. The van der Waals surface area contributed by atoms with E-state index in [2.05, 4.69) is 18.7 Å². The van der Waals surface area contributed by atoms with Crippen LogP contribution in [0.4, 0.5) is 5.13 Å². The number of para-hydroxylation sites is 1. The number of piperidine rings is 1. The van der Waals surface area contributed by atoms with Gasteiger partial charge in [0.25, 0.3) is 10.0 Å². The fourth-order valence-electron chi connectivity index (χ4n) is 4.42. The third kappa shape index (κ3) is 5.06. The lowest BCUT2D eigenvalue weighted by Gasteiger charge is -2.36. The van der Waals surface area contributed by atoms with E-state index in [0.29, 0.717) is 31.2 Å². The van der Waals surface area contributed by atoms with Crippen molar-refractivity contribution in [2.45, 2.75) is 50.3 Å². The first-order chi connectivity index (χ1) is 16.4. The van der Waals surface area contributed by atoms with Crippen LogP contribution in [0.1, 0.15) is 38.7 Å². The molecular weight excluding hydrogens is 488 g/mol. The molecule has 0 bridgehead atoms. The number of thiazole rings is 1. The van der Waals surface area contributed by atoms with Crippen LogP contribution in [0.3, 0.4) is 0 Å². The standard InChI is InChI=1S/C24H32N4O3S3/c1-4-26(5-2)15-16-27(24-25-22-18(3)10-8-12-20(22)33-24)23(29)19-11-6-7-14-28(19)34(30,31)21-13-9-17-32-21/h8-10,12-13,17,19H,4-7,11,14-16H2,1-3H3. The van der Waals surface area contributed by atoms with Gasteiger partial charge in [-0.05, 0) is 55.9 Å².